The third kappa shape index (κ3) is 6.71. The number of benzene rings is 3. The van der Waals surface area contributed by atoms with E-state index in [4.69, 9.17) is 9.52 Å². The molecule has 0 fully saturated rings. The number of anilines is 5. The maximum Gasteiger partial charge on any atom is 0.335 e. The lowest BCUT2D eigenvalue weighted by Crippen LogP contribution is -2.07. The Morgan fingerprint density at radius 3 is 2.14 bits per heavy atom. The number of hydrazone groups is 1. The Morgan fingerprint density at radius 2 is 1.50 bits per heavy atom. The highest BCUT2D eigenvalue weighted by atomic mass is 16.6. The molecule has 0 aliphatic carbocycles. The van der Waals surface area contributed by atoms with Gasteiger partial charge in [-0.2, -0.15) is 20.1 Å². The number of carbonyl (C=O) groups is 1. The quantitative estimate of drug-likeness (QED) is 0.0850. The molecule has 0 aliphatic rings. The molecule has 2 aromatic heterocycles. The average Bonchev–Trinajstić information content (AvgIpc) is 3.44. The molecule has 5 rings (SSSR count). The lowest BCUT2D eigenvalue weighted by atomic mass is 10.1. The zero-order chi connectivity index (χ0) is 29.6. The molecular weight excluding hydrogens is 540 g/mol. The number of nitrogens with zero attached hydrogens (tertiary/aromatic N) is 5. The number of aromatic nitrogens is 3. The molecule has 3 aromatic carbocycles. The number of nitro groups is 1. The van der Waals surface area contributed by atoms with Crippen LogP contribution in [-0.2, 0) is 0 Å². The third-order valence-electron chi connectivity index (χ3n) is 6.13. The van der Waals surface area contributed by atoms with Gasteiger partial charge in [-0.15, -0.1) is 0 Å². The van der Waals surface area contributed by atoms with Gasteiger partial charge in [-0.1, -0.05) is 18.2 Å². The fourth-order valence-corrected chi connectivity index (χ4v) is 3.79. The van der Waals surface area contributed by atoms with Crippen LogP contribution in [0.4, 0.5) is 34.9 Å². The number of nitrogens with one attached hydrogen (secondary N) is 3. The first kappa shape index (κ1) is 27.5. The molecule has 13 heteroatoms. The third-order valence-corrected chi connectivity index (χ3v) is 6.13. The second-order valence-electron chi connectivity index (χ2n) is 9.11. The molecule has 0 saturated carbocycles. The number of furan rings is 1. The molecule has 0 unspecified atom stereocenters. The fraction of sp³-hybridized carbons (Fsp3) is 0.0690. The van der Waals surface area contributed by atoms with E-state index in [-0.39, 0.29) is 29.1 Å². The smallest absolute Gasteiger partial charge is 0.335 e. The number of aromatic carboxylic acids is 1. The van der Waals surface area contributed by atoms with Crippen LogP contribution in [0.2, 0.25) is 0 Å². The standard InChI is InChI=1S/C29H24N8O5/c1-17-3-8-22(15-18(17)2)32-28-33-27(31-21-9-11-23(12-10-21)37(40)41)34-29(35-28)36-30-16-24-13-14-25(42-24)19-4-6-20(7-5-19)26(38)39/h3-16H,1-2H3,(H,38,39)(H3,31,32,33,34,35,36). The van der Waals surface area contributed by atoms with Crippen molar-refractivity contribution in [1.82, 2.24) is 15.0 Å². The van der Waals surface area contributed by atoms with Crippen LogP contribution < -0.4 is 16.1 Å². The molecule has 0 spiro atoms. The highest BCUT2D eigenvalue weighted by molar-refractivity contribution is 5.88. The summed E-state index contributed by atoms with van der Waals surface area (Å²) in [6, 6.07) is 21.5. The largest absolute Gasteiger partial charge is 0.478 e. The zero-order valence-corrected chi connectivity index (χ0v) is 22.4. The predicted molar refractivity (Wildman–Crippen MR) is 158 cm³/mol. The first-order valence-corrected chi connectivity index (χ1v) is 12.6. The monoisotopic (exact) mass is 564 g/mol. The van der Waals surface area contributed by atoms with Crippen LogP contribution in [0.3, 0.4) is 0 Å². The molecule has 210 valence electrons. The maximum atomic E-state index is 11.1. The van der Waals surface area contributed by atoms with E-state index in [0.717, 1.165) is 16.8 Å². The number of nitro benzene ring substituents is 1. The lowest BCUT2D eigenvalue weighted by molar-refractivity contribution is -0.384. The highest BCUT2D eigenvalue weighted by Gasteiger charge is 2.11. The molecule has 0 saturated heterocycles. The normalized spacial score (nSPS) is 10.9. The van der Waals surface area contributed by atoms with Gasteiger partial charge in [-0.25, -0.2) is 10.2 Å². The topological polar surface area (TPSA) is 181 Å². The van der Waals surface area contributed by atoms with Gasteiger partial charge >= 0.3 is 5.97 Å². The number of hydrogen-bond acceptors (Lipinski definition) is 11. The predicted octanol–water partition coefficient (Wildman–Crippen LogP) is 6.29. The molecule has 42 heavy (non-hydrogen) atoms. The summed E-state index contributed by atoms with van der Waals surface area (Å²) in [5.74, 6) is 0.507. The van der Waals surface area contributed by atoms with Crippen molar-refractivity contribution < 1.29 is 19.2 Å². The molecular formula is C29H24N8O5. The van der Waals surface area contributed by atoms with E-state index in [1.807, 2.05) is 32.0 Å². The fourth-order valence-electron chi connectivity index (χ4n) is 3.79. The number of carboxylic acids is 1. The van der Waals surface area contributed by atoms with Crippen LogP contribution >= 0.6 is 0 Å². The van der Waals surface area contributed by atoms with Gasteiger partial charge in [0, 0.05) is 29.1 Å². The van der Waals surface area contributed by atoms with Gasteiger partial charge < -0.3 is 20.2 Å². The van der Waals surface area contributed by atoms with Crippen LogP contribution in [0, 0.1) is 24.0 Å². The van der Waals surface area contributed by atoms with Gasteiger partial charge in [0.1, 0.15) is 11.5 Å². The molecule has 2 heterocycles. The second kappa shape index (κ2) is 12.0. The summed E-state index contributed by atoms with van der Waals surface area (Å²) in [4.78, 5) is 34.8. The number of hydrogen-bond donors (Lipinski definition) is 4. The van der Waals surface area contributed by atoms with Crippen LogP contribution in [0.25, 0.3) is 11.3 Å². The Balaban J connectivity index is 1.35. The van der Waals surface area contributed by atoms with Gasteiger partial charge in [0.05, 0.1) is 16.7 Å². The molecule has 0 aliphatic heterocycles. The minimum Gasteiger partial charge on any atom is -0.478 e. The summed E-state index contributed by atoms with van der Waals surface area (Å²) < 4.78 is 5.80. The van der Waals surface area contributed by atoms with Gasteiger partial charge in [-0.05, 0) is 73.5 Å². The van der Waals surface area contributed by atoms with Crippen LogP contribution in [0.5, 0.6) is 0 Å². The van der Waals surface area contributed by atoms with Crippen molar-refractivity contribution in [1.29, 1.82) is 0 Å². The minimum atomic E-state index is -1.00. The molecule has 0 amide bonds. The first-order chi connectivity index (χ1) is 20.2. The van der Waals surface area contributed by atoms with Crippen LogP contribution in [0.1, 0.15) is 27.2 Å². The number of non-ortho nitro benzene ring substituents is 1. The van der Waals surface area contributed by atoms with E-state index < -0.39 is 10.9 Å². The van der Waals surface area contributed by atoms with Crippen molar-refractivity contribution >= 4 is 47.1 Å². The summed E-state index contributed by atoms with van der Waals surface area (Å²) >= 11 is 0. The second-order valence-corrected chi connectivity index (χ2v) is 9.11. The Hall–Kier alpha value is -6.11. The van der Waals surface area contributed by atoms with Crippen molar-refractivity contribution in [3.8, 4) is 11.3 Å². The molecule has 5 aromatic rings. The van der Waals surface area contributed by atoms with Crippen LogP contribution in [0.15, 0.2) is 88.4 Å². The van der Waals surface area contributed by atoms with Crippen molar-refractivity contribution in [2.75, 3.05) is 16.1 Å². The Labute approximate surface area is 239 Å². The van der Waals surface area contributed by atoms with Crippen LogP contribution in [-0.4, -0.2) is 37.2 Å². The summed E-state index contributed by atoms with van der Waals surface area (Å²) in [5.41, 5.74) is 7.19. The number of aryl methyl sites for hydroxylation is 2. The van der Waals surface area contributed by atoms with Gasteiger partial charge in [0.25, 0.3) is 5.69 Å². The Bertz CT molecular complexity index is 1780. The summed E-state index contributed by atoms with van der Waals surface area (Å²) in [5, 5.41) is 30.4. The van der Waals surface area contributed by atoms with Crippen molar-refractivity contribution in [3.05, 3.63) is 111 Å². The number of rotatable bonds is 10. The van der Waals surface area contributed by atoms with E-state index >= 15 is 0 Å². The lowest BCUT2D eigenvalue weighted by Gasteiger charge is -2.11. The summed E-state index contributed by atoms with van der Waals surface area (Å²) in [6.07, 6.45) is 1.44. The zero-order valence-electron chi connectivity index (χ0n) is 22.4. The Morgan fingerprint density at radius 1 is 0.857 bits per heavy atom. The SMILES string of the molecule is Cc1ccc(Nc2nc(NN=Cc3ccc(-c4ccc(C(=O)O)cc4)o3)nc(Nc3ccc([N+](=O)[O-])cc3)n2)cc1C. The molecule has 0 atom stereocenters. The average molecular weight is 565 g/mol. The van der Waals surface area contributed by atoms with E-state index in [0.29, 0.717) is 22.8 Å². The first-order valence-electron chi connectivity index (χ1n) is 12.6. The van der Waals surface area contributed by atoms with Crippen molar-refractivity contribution in [2.45, 2.75) is 13.8 Å². The van der Waals surface area contributed by atoms with E-state index in [2.05, 4.69) is 36.1 Å². The summed E-state index contributed by atoms with van der Waals surface area (Å²) in [7, 11) is 0. The van der Waals surface area contributed by atoms with E-state index in [1.165, 1.54) is 30.5 Å². The van der Waals surface area contributed by atoms with Gasteiger partial charge in [-0.3, -0.25) is 10.1 Å². The van der Waals surface area contributed by atoms with Gasteiger partial charge in [0.15, 0.2) is 0 Å². The molecule has 0 radical (unpaired) electrons. The molecule has 0 bridgehead atoms. The molecule has 13 nitrogen and oxygen atoms in total. The van der Waals surface area contributed by atoms with E-state index in [9.17, 15) is 14.9 Å². The molecule has 4 N–H and O–H groups in total. The maximum absolute atomic E-state index is 11.1. The van der Waals surface area contributed by atoms with Gasteiger partial charge in [0.2, 0.25) is 17.8 Å². The van der Waals surface area contributed by atoms with Crippen molar-refractivity contribution in [2.24, 2.45) is 5.10 Å². The van der Waals surface area contributed by atoms with E-state index in [1.54, 1.807) is 36.4 Å². The minimum absolute atomic E-state index is 0.0386. The Kier molecular flexibility index (Phi) is 7.82. The summed E-state index contributed by atoms with van der Waals surface area (Å²) in [6.45, 7) is 4.02. The van der Waals surface area contributed by atoms with Crippen molar-refractivity contribution in [3.63, 3.8) is 0 Å². The number of carboxylic acid groups (broad SMARTS) is 1. The highest BCUT2D eigenvalue weighted by Crippen LogP contribution is 2.24.